The van der Waals surface area contributed by atoms with Crippen LogP contribution in [0.3, 0.4) is 0 Å². The zero-order valence-corrected chi connectivity index (χ0v) is 20.0. The smallest absolute Gasteiger partial charge is 0.262 e. The minimum Gasteiger partial charge on any atom is -0.369 e. The summed E-state index contributed by atoms with van der Waals surface area (Å²) in [6.45, 7) is 1.80. The van der Waals surface area contributed by atoms with E-state index in [0.717, 1.165) is 36.7 Å². The van der Waals surface area contributed by atoms with Crippen molar-refractivity contribution in [2.75, 3.05) is 23.7 Å². The number of hydrogen-bond donors (Lipinski definition) is 3. The average Bonchev–Trinajstić information content (AvgIpc) is 3.21. The van der Waals surface area contributed by atoms with E-state index in [2.05, 4.69) is 20.5 Å². The molecule has 4 N–H and O–H groups in total. The first kappa shape index (κ1) is 24.5. The van der Waals surface area contributed by atoms with Gasteiger partial charge in [0, 0.05) is 36.4 Å². The van der Waals surface area contributed by atoms with Crippen LogP contribution < -0.4 is 16.4 Å². The van der Waals surface area contributed by atoms with Gasteiger partial charge in [0.05, 0.1) is 6.42 Å². The van der Waals surface area contributed by atoms with Crippen molar-refractivity contribution in [2.45, 2.75) is 37.4 Å². The number of nitrogens with one attached hydrogen (secondary N) is 2. The molecule has 2 aliphatic heterocycles. The lowest BCUT2D eigenvalue weighted by molar-refractivity contribution is -0.121. The highest BCUT2D eigenvalue weighted by Gasteiger charge is 2.33. The molecular weight excluding hydrogens is 466 g/mol. The highest BCUT2D eigenvalue weighted by molar-refractivity contribution is 8.15. The van der Waals surface area contributed by atoms with Crippen molar-refractivity contribution in [3.63, 3.8) is 0 Å². The van der Waals surface area contributed by atoms with Crippen LogP contribution in [0.25, 0.3) is 0 Å². The van der Waals surface area contributed by atoms with Crippen LogP contribution in [-0.4, -0.2) is 52.0 Å². The van der Waals surface area contributed by atoms with Crippen LogP contribution in [0.4, 0.5) is 11.4 Å². The number of anilines is 2. The van der Waals surface area contributed by atoms with E-state index in [4.69, 9.17) is 5.73 Å². The molecule has 2 aromatic rings. The molecule has 4 rings (SSSR count). The first-order valence-corrected chi connectivity index (χ1v) is 12.4. The Balaban J connectivity index is 1.26. The van der Waals surface area contributed by atoms with Gasteiger partial charge in [-0.3, -0.25) is 19.2 Å². The lowest BCUT2D eigenvalue weighted by Crippen LogP contribution is -2.33. The summed E-state index contributed by atoms with van der Waals surface area (Å²) >= 11 is 1.36. The molecule has 1 fully saturated rings. The maximum atomic E-state index is 12.5. The Bertz CT molecular complexity index is 1140. The summed E-state index contributed by atoms with van der Waals surface area (Å²) in [5, 5.41) is 5.79. The molecule has 1 saturated heterocycles. The summed E-state index contributed by atoms with van der Waals surface area (Å²) in [5.41, 5.74) is 7.50. The van der Waals surface area contributed by atoms with Crippen molar-refractivity contribution < 1.29 is 19.2 Å². The normalized spacial score (nSPS) is 17.6. The van der Waals surface area contributed by atoms with E-state index in [9.17, 15) is 19.2 Å². The molecule has 1 atom stereocenters. The third kappa shape index (κ3) is 6.69. The number of amides is 4. The van der Waals surface area contributed by atoms with Crippen molar-refractivity contribution in [2.24, 2.45) is 10.7 Å². The molecule has 0 aromatic heterocycles. The van der Waals surface area contributed by atoms with Crippen LogP contribution in [0.1, 0.15) is 41.6 Å². The summed E-state index contributed by atoms with van der Waals surface area (Å²) in [6.07, 6.45) is 3.56. The Morgan fingerprint density at radius 1 is 0.943 bits per heavy atom. The monoisotopic (exact) mass is 493 g/mol. The van der Waals surface area contributed by atoms with Crippen molar-refractivity contribution in [1.29, 1.82) is 0 Å². The van der Waals surface area contributed by atoms with Gasteiger partial charge in [-0.15, -0.1) is 0 Å². The standard InChI is InChI=1S/C25H27N5O4S/c26-21(31)14-16-4-8-19(9-5-16)28-23(33)17-6-10-18(11-7-17)27-22(32)15-20-24(34)29-25(35-20)30-12-2-1-3-13-30/h4-11,20H,1-3,12-15H2,(H2,26,31)(H,27,32)(H,28,33). The number of hydrogen-bond acceptors (Lipinski definition) is 6. The maximum absolute atomic E-state index is 12.5. The fourth-order valence-electron chi connectivity index (χ4n) is 3.93. The van der Waals surface area contributed by atoms with Crippen LogP contribution in [-0.2, 0) is 20.8 Å². The van der Waals surface area contributed by atoms with Gasteiger partial charge in [-0.1, -0.05) is 23.9 Å². The Morgan fingerprint density at radius 2 is 1.57 bits per heavy atom. The Hall–Kier alpha value is -3.66. The number of aliphatic imine (C=N–C) groups is 1. The Kier molecular flexibility index (Phi) is 7.81. The quantitative estimate of drug-likeness (QED) is 0.543. The number of carbonyl (C=O) groups is 4. The van der Waals surface area contributed by atoms with E-state index in [-0.39, 0.29) is 30.6 Å². The van der Waals surface area contributed by atoms with Gasteiger partial charge < -0.3 is 21.3 Å². The lowest BCUT2D eigenvalue weighted by Gasteiger charge is -2.27. The van der Waals surface area contributed by atoms with Gasteiger partial charge in [0.2, 0.25) is 11.8 Å². The number of primary amides is 1. The Morgan fingerprint density at radius 3 is 2.23 bits per heavy atom. The molecule has 0 spiro atoms. The van der Waals surface area contributed by atoms with E-state index in [0.29, 0.717) is 16.9 Å². The molecule has 1 unspecified atom stereocenters. The fraction of sp³-hybridized carbons (Fsp3) is 0.320. The zero-order valence-electron chi connectivity index (χ0n) is 19.2. The van der Waals surface area contributed by atoms with Gasteiger partial charge in [0.1, 0.15) is 5.25 Å². The third-order valence-corrected chi connectivity index (χ3v) is 6.96. The predicted octanol–water partition coefficient (Wildman–Crippen LogP) is 2.78. The molecular formula is C25H27N5O4S. The number of nitrogens with two attached hydrogens (primary N) is 1. The second kappa shape index (κ2) is 11.2. The number of benzene rings is 2. The summed E-state index contributed by atoms with van der Waals surface area (Å²) in [7, 11) is 0. The minimum atomic E-state index is -0.508. The van der Waals surface area contributed by atoms with E-state index in [1.165, 1.54) is 18.2 Å². The van der Waals surface area contributed by atoms with Gasteiger partial charge in [-0.05, 0) is 61.2 Å². The SMILES string of the molecule is NC(=O)Cc1ccc(NC(=O)c2ccc(NC(=O)CC3SC(N4CCCCC4)=NC3=O)cc2)cc1. The highest BCUT2D eigenvalue weighted by Crippen LogP contribution is 2.29. The summed E-state index contributed by atoms with van der Waals surface area (Å²) < 4.78 is 0. The number of piperidine rings is 1. The van der Waals surface area contributed by atoms with Gasteiger partial charge in [0.25, 0.3) is 11.8 Å². The van der Waals surface area contributed by atoms with Gasteiger partial charge in [-0.25, -0.2) is 0 Å². The van der Waals surface area contributed by atoms with Crippen molar-refractivity contribution in [3.05, 3.63) is 59.7 Å². The first-order chi connectivity index (χ1) is 16.9. The second-order valence-electron chi connectivity index (χ2n) is 8.51. The van der Waals surface area contributed by atoms with Crippen molar-refractivity contribution >= 4 is 51.9 Å². The molecule has 0 radical (unpaired) electrons. The summed E-state index contributed by atoms with van der Waals surface area (Å²) in [6, 6.07) is 13.4. The molecule has 2 heterocycles. The first-order valence-electron chi connectivity index (χ1n) is 11.5. The molecule has 4 amide bonds. The lowest BCUT2D eigenvalue weighted by atomic mass is 10.1. The molecule has 9 nitrogen and oxygen atoms in total. The molecule has 0 bridgehead atoms. The fourth-order valence-corrected chi connectivity index (χ4v) is 5.04. The average molecular weight is 494 g/mol. The van der Waals surface area contributed by atoms with E-state index in [1.54, 1.807) is 48.5 Å². The van der Waals surface area contributed by atoms with Crippen LogP contribution in [0.15, 0.2) is 53.5 Å². The molecule has 10 heteroatoms. The van der Waals surface area contributed by atoms with Crippen LogP contribution >= 0.6 is 11.8 Å². The molecule has 2 aromatic carbocycles. The van der Waals surface area contributed by atoms with Crippen LogP contribution in [0, 0.1) is 0 Å². The van der Waals surface area contributed by atoms with Crippen LogP contribution in [0.5, 0.6) is 0 Å². The Labute approximate surface area is 207 Å². The predicted molar refractivity (Wildman–Crippen MR) is 136 cm³/mol. The van der Waals surface area contributed by atoms with Gasteiger partial charge in [0.15, 0.2) is 5.17 Å². The summed E-state index contributed by atoms with van der Waals surface area (Å²) in [5.74, 6) is -1.27. The number of rotatable bonds is 7. The van der Waals surface area contributed by atoms with E-state index >= 15 is 0 Å². The number of nitrogens with zero attached hydrogens (tertiary/aromatic N) is 2. The molecule has 0 aliphatic carbocycles. The number of thioether (sulfide) groups is 1. The molecule has 35 heavy (non-hydrogen) atoms. The number of carbonyl (C=O) groups excluding carboxylic acids is 4. The highest BCUT2D eigenvalue weighted by atomic mass is 32.2. The number of likely N-dealkylation sites (tertiary alicyclic amines) is 1. The van der Waals surface area contributed by atoms with Crippen LogP contribution in [0.2, 0.25) is 0 Å². The van der Waals surface area contributed by atoms with Gasteiger partial charge >= 0.3 is 0 Å². The van der Waals surface area contributed by atoms with Crippen molar-refractivity contribution in [3.8, 4) is 0 Å². The maximum Gasteiger partial charge on any atom is 0.262 e. The van der Waals surface area contributed by atoms with Gasteiger partial charge in [-0.2, -0.15) is 4.99 Å². The third-order valence-electron chi connectivity index (χ3n) is 5.75. The zero-order chi connectivity index (χ0) is 24.8. The second-order valence-corrected chi connectivity index (χ2v) is 9.68. The largest absolute Gasteiger partial charge is 0.369 e. The number of amidine groups is 1. The molecule has 182 valence electrons. The molecule has 2 aliphatic rings. The topological polar surface area (TPSA) is 134 Å². The minimum absolute atomic E-state index is 0.0400. The van der Waals surface area contributed by atoms with E-state index < -0.39 is 11.2 Å². The van der Waals surface area contributed by atoms with E-state index in [1.807, 2.05) is 0 Å². The van der Waals surface area contributed by atoms with Crippen molar-refractivity contribution in [1.82, 2.24) is 4.90 Å². The molecule has 0 saturated carbocycles. The summed E-state index contributed by atoms with van der Waals surface area (Å²) in [4.78, 5) is 54.6.